The largest absolute Gasteiger partial charge is 0.508 e. The molecule has 2 aromatic rings. The predicted octanol–water partition coefficient (Wildman–Crippen LogP) is 2.19. The minimum absolute atomic E-state index is 0.0168. The first kappa shape index (κ1) is 18.1. The number of nitrogens with one attached hydrogen (secondary N) is 1. The molecule has 0 aliphatic carbocycles. The van der Waals surface area contributed by atoms with Crippen molar-refractivity contribution in [1.29, 1.82) is 0 Å². The molecule has 1 atom stereocenters. The van der Waals surface area contributed by atoms with Crippen molar-refractivity contribution in [3.05, 3.63) is 71.5 Å². The van der Waals surface area contributed by atoms with Crippen LogP contribution >= 0.6 is 0 Å². The van der Waals surface area contributed by atoms with Gasteiger partial charge >= 0.3 is 5.97 Å². The van der Waals surface area contributed by atoms with Gasteiger partial charge in [-0.15, -0.1) is 0 Å². The fraction of sp³-hybridized carbons (Fsp3) is 0.158. The van der Waals surface area contributed by atoms with Crippen molar-refractivity contribution < 1.29 is 24.5 Å². The summed E-state index contributed by atoms with van der Waals surface area (Å²) >= 11 is 0. The van der Waals surface area contributed by atoms with Gasteiger partial charge in [0, 0.05) is 6.42 Å². The van der Waals surface area contributed by atoms with Crippen LogP contribution in [0.3, 0.4) is 0 Å². The van der Waals surface area contributed by atoms with Crippen molar-refractivity contribution in [3.63, 3.8) is 0 Å². The number of aliphatic carboxylic acids is 1. The maximum absolute atomic E-state index is 12.3. The monoisotopic (exact) mass is 341 g/mol. The maximum Gasteiger partial charge on any atom is 0.326 e. The molecule has 0 aromatic heterocycles. The summed E-state index contributed by atoms with van der Waals surface area (Å²) in [5.41, 5.74) is 1.44. The SMILES string of the molecule is COC(=Cc1ccccc1)C(=O)N[C@@H](Cc1ccc(O)cc1)C(=O)O. The molecule has 0 unspecified atom stereocenters. The maximum atomic E-state index is 12.3. The molecule has 0 heterocycles. The standard InChI is InChI=1S/C19H19NO5/c1-25-17(12-13-5-3-2-4-6-13)18(22)20-16(19(23)24)11-14-7-9-15(21)10-8-14/h2-10,12,16,21H,11H2,1H3,(H,20,22)(H,23,24)/t16-/m0/s1. The van der Waals surface area contributed by atoms with Crippen LogP contribution in [0.5, 0.6) is 5.75 Å². The molecule has 2 aromatic carbocycles. The Hall–Kier alpha value is -3.28. The lowest BCUT2D eigenvalue weighted by molar-refractivity contribution is -0.141. The van der Waals surface area contributed by atoms with E-state index in [9.17, 15) is 19.8 Å². The Labute approximate surface area is 145 Å². The highest BCUT2D eigenvalue weighted by Gasteiger charge is 2.22. The number of ether oxygens (including phenoxy) is 1. The first-order valence-electron chi connectivity index (χ1n) is 7.62. The average Bonchev–Trinajstić information content (AvgIpc) is 2.61. The lowest BCUT2D eigenvalue weighted by Crippen LogP contribution is -2.43. The summed E-state index contributed by atoms with van der Waals surface area (Å²) in [6, 6.07) is 14.1. The zero-order chi connectivity index (χ0) is 18.2. The van der Waals surface area contributed by atoms with Gasteiger partial charge in [0.15, 0.2) is 5.76 Å². The van der Waals surface area contributed by atoms with Gasteiger partial charge in [-0.25, -0.2) is 4.79 Å². The van der Waals surface area contributed by atoms with Crippen LogP contribution < -0.4 is 5.32 Å². The number of carbonyl (C=O) groups is 2. The van der Waals surface area contributed by atoms with Crippen molar-refractivity contribution in [2.45, 2.75) is 12.5 Å². The summed E-state index contributed by atoms with van der Waals surface area (Å²) in [6.45, 7) is 0. The van der Waals surface area contributed by atoms with E-state index in [1.54, 1.807) is 24.3 Å². The van der Waals surface area contributed by atoms with Crippen LogP contribution in [0.2, 0.25) is 0 Å². The number of methoxy groups -OCH3 is 1. The number of aromatic hydroxyl groups is 1. The van der Waals surface area contributed by atoms with E-state index in [4.69, 9.17) is 4.74 Å². The first-order valence-corrected chi connectivity index (χ1v) is 7.62. The smallest absolute Gasteiger partial charge is 0.326 e. The van der Waals surface area contributed by atoms with Crippen LogP contribution in [0, 0.1) is 0 Å². The molecule has 0 spiro atoms. The first-order chi connectivity index (χ1) is 12.0. The minimum atomic E-state index is -1.16. The Morgan fingerprint density at radius 1 is 1.12 bits per heavy atom. The highest BCUT2D eigenvalue weighted by molar-refractivity contribution is 5.97. The molecule has 0 fully saturated rings. The molecular formula is C19H19NO5. The molecule has 0 bridgehead atoms. The molecule has 130 valence electrons. The molecule has 0 saturated heterocycles. The van der Waals surface area contributed by atoms with Crippen molar-refractivity contribution in [2.24, 2.45) is 0 Å². The number of hydrogen-bond acceptors (Lipinski definition) is 4. The highest BCUT2D eigenvalue weighted by atomic mass is 16.5. The number of hydrogen-bond donors (Lipinski definition) is 3. The summed E-state index contributed by atoms with van der Waals surface area (Å²) in [4.78, 5) is 23.8. The van der Waals surface area contributed by atoms with Gasteiger partial charge in [0.2, 0.25) is 0 Å². The fourth-order valence-corrected chi connectivity index (χ4v) is 2.21. The second-order valence-corrected chi connectivity index (χ2v) is 5.36. The van der Waals surface area contributed by atoms with Crippen molar-refractivity contribution in [3.8, 4) is 5.75 Å². The lowest BCUT2D eigenvalue weighted by atomic mass is 10.1. The molecule has 6 nitrogen and oxygen atoms in total. The molecule has 6 heteroatoms. The second-order valence-electron chi connectivity index (χ2n) is 5.36. The molecule has 0 radical (unpaired) electrons. The molecule has 0 aliphatic heterocycles. The molecule has 2 rings (SSSR count). The van der Waals surface area contributed by atoms with E-state index >= 15 is 0 Å². The summed E-state index contributed by atoms with van der Waals surface area (Å²) in [7, 11) is 1.35. The number of benzene rings is 2. The third-order valence-electron chi connectivity index (χ3n) is 3.52. The number of phenolic OH excluding ortho intramolecular Hbond substituents is 1. The van der Waals surface area contributed by atoms with Crippen molar-refractivity contribution >= 4 is 18.0 Å². The zero-order valence-corrected chi connectivity index (χ0v) is 13.7. The van der Waals surface area contributed by atoms with Crippen LogP contribution in [0.15, 0.2) is 60.4 Å². The van der Waals surface area contributed by atoms with E-state index < -0.39 is 17.9 Å². The highest BCUT2D eigenvalue weighted by Crippen LogP contribution is 2.12. The Morgan fingerprint density at radius 2 is 1.76 bits per heavy atom. The van der Waals surface area contributed by atoms with Crippen LogP contribution in [-0.2, 0) is 20.7 Å². The molecule has 1 amide bonds. The summed E-state index contributed by atoms with van der Waals surface area (Å²) < 4.78 is 5.09. The Bertz CT molecular complexity index is 753. The average molecular weight is 341 g/mol. The van der Waals surface area contributed by atoms with Crippen LogP contribution in [0.1, 0.15) is 11.1 Å². The number of rotatable bonds is 7. The quantitative estimate of drug-likeness (QED) is 0.530. The van der Waals surface area contributed by atoms with E-state index in [0.29, 0.717) is 5.56 Å². The number of carbonyl (C=O) groups excluding carboxylic acids is 1. The lowest BCUT2D eigenvalue weighted by Gasteiger charge is -2.15. The topological polar surface area (TPSA) is 95.9 Å². The number of phenols is 1. The number of carboxylic acids is 1. The summed E-state index contributed by atoms with van der Waals surface area (Å²) in [5.74, 6) is -1.66. The minimum Gasteiger partial charge on any atom is -0.508 e. The van der Waals surface area contributed by atoms with Gasteiger partial charge in [-0.2, -0.15) is 0 Å². The van der Waals surface area contributed by atoms with Crippen molar-refractivity contribution in [1.82, 2.24) is 5.32 Å². The van der Waals surface area contributed by atoms with Gasteiger partial charge in [0.05, 0.1) is 7.11 Å². The van der Waals surface area contributed by atoms with Gasteiger partial charge in [-0.3, -0.25) is 4.79 Å². The van der Waals surface area contributed by atoms with Gasteiger partial charge in [0.25, 0.3) is 5.91 Å². The molecule has 0 saturated carbocycles. The van der Waals surface area contributed by atoms with E-state index in [2.05, 4.69) is 5.32 Å². The van der Waals surface area contributed by atoms with Gasteiger partial charge in [-0.1, -0.05) is 42.5 Å². The Kier molecular flexibility index (Phi) is 6.17. The third-order valence-corrected chi connectivity index (χ3v) is 3.52. The Balaban J connectivity index is 2.12. The molecule has 3 N–H and O–H groups in total. The van der Waals surface area contributed by atoms with Gasteiger partial charge < -0.3 is 20.3 Å². The van der Waals surface area contributed by atoms with Crippen LogP contribution in [0.4, 0.5) is 0 Å². The van der Waals surface area contributed by atoms with E-state index in [0.717, 1.165) is 5.56 Å². The summed E-state index contributed by atoms with van der Waals surface area (Å²) in [5, 5.41) is 21.1. The van der Waals surface area contributed by atoms with E-state index in [1.165, 1.54) is 25.3 Å². The van der Waals surface area contributed by atoms with Gasteiger partial charge in [-0.05, 0) is 29.3 Å². The summed E-state index contributed by atoms with van der Waals surface area (Å²) in [6.07, 6.45) is 1.62. The molecular weight excluding hydrogens is 322 g/mol. The number of amides is 1. The van der Waals surface area contributed by atoms with Crippen LogP contribution in [-0.4, -0.2) is 35.2 Å². The number of carboxylic acid groups (broad SMARTS) is 1. The second kappa shape index (κ2) is 8.54. The van der Waals surface area contributed by atoms with Gasteiger partial charge in [0.1, 0.15) is 11.8 Å². The normalized spacial score (nSPS) is 12.3. The van der Waals surface area contributed by atoms with E-state index in [1.807, 2.05) is 18.2 Å². The molecule has 25 heavy (non-hydrogen) atoms. The third kappa shape index (κ3) is 5.39. The Morgan fingerprint density at radius 3 is 2.32 bits per heavy atom. The van der Waals surface area contributed by atoms with Crippen LogP contribution in [0.25, 0.3) is 6.08 Å². The van der Waals surface area contributed by atoms with E-state index in [-0.39, 0.29) is 17.9 Å². The predicted molar refractivity (Wildman–Crippen MR) is 92.8 cm³/mol. The van der Waals surface area contributed by atoms with Crippen molar-refractivity contribution in [2.75, 3.05) is 7.11 Å². The fourth-order valence-electron chi connectivity index (χ4n) is 2.21. The zero-order valence-electron chi connectivity index (χ0n) is 13.7. The molecule has 0 aliphatic rings.